The maximum Gasteiger partial charge on any atom is 0.136 e. The first-order valence-electron chi connectivity index (χ1n) is 41.8. The lowest BCUT2D eigenvalue weighted by Crippen LogP contribution is -2.28. The average Bonchev–Trinajstić information content (AvgIpc) is 1.53. The summed E-state index contributed by atoms with van der Waals surface area (Å²) in [4.78, 5) is 4.93. The lowest BCUT2D eigenvalue weighted by molar-refractivity contribution is 0.668. The minimum absolute atomic E-state index is 0.603. The van der Waals surface area contributed by atoms with E-state index in [9.17, 15) is 0 Å². The fourth-order valence-corrected chi connectivity index (χ4v) is 19.9. The topological polar surface area (TPSA) is 45.9 Å². The molecule has 0 N–H and O–H groups in total. The van der Waals surface area contributed by atoms with Crippen molar-refractivity contribution in [2.24, 2.45) is 0 Å². The molecule has 0 unspecified atom stereocenters. The molecule has 3 heterocycles. The third-order valence-corrected chi connectivity index (χ3v) is 25.4. The monoisotopic (exact) mass is 1550 g/mol. The van der Waals surface area contributed by atoms with E-state index >= 15 is 0 Å². The van der Waals surface area contributed by atoms with Gasteiger partial charge in [0.05, 0.1) is 22.5 Å². The molecule has 0 amide bonds. The molecule has 0 bridgehead atoms. The van der Waals surface area contributed by atoms with Crippen LogP contribution in [0.2, 0.25) is 0 Å². The molecule has 5 heteroatoms. The third-order valence-electron chi connectivity index (χ3n) is 25.4. The Balaban J connectivity index is 0.600. The molecular formula is C117H74N2O3. The molecule has 3 aromatic heterocycles. The van der Waals surface area contributed by atoms with E-state index < -0.39 is 5.41 Å². The molecular weight excluding hydrogens is 1480 g/mol. The summed E-state index contributed by atoms with van der Waals surface area (Å²) in [6.07, 6.45) is 0. The molecule has 0 spiro atoms. The van der Waals surface area contributed by atoms with Crippen molar-refractivity contribution in [2.75, 3.05) is 9.80 Å². The van der Waals surface area contributed by atoms with E-state index in [0.717, 1.165) is 172 Å². The normalized spacial score (nSPS) is 12.3. The number of furan rings is 3. The van der Waals surface area contributed by atoms with Crippen LogP contribution in [-0.2, 0) is 5.41 Å². The van der Waals surface area contributed by atoms with Gasteiger partial charge in [0.15, 0.2) is 0 Å². The smallest absolute Gasteiger partial charge is 0.136 e. The summed E-state index contributed by atoms with van der Waals surface area (Å²) >= 11 is 0. The van der Waals surface area contributed by atoms with E-state index in [0.29, 0.717) is 0 Å². The van der Waals surface area contributed by atoms with E-state index in [4.69, 9.17) is 13.3 Å². The molecule has 0 atom stereocenters. The van der Waals surface area contributed by atoms with Crippen LogP contribution in [0.3, 0.4) is 0 Å². The van der Waals surface area contributed by atoms with Crippen molar-refractivity contribution in [3.05, 3.63) is 471 Å². The van der Waals surface area contributed by atoms with Crippen LogP contribution in [-0.4, -0.2) is 0 Å². The van der Waals surface area contributed by atoms with Gasteiger partial charge in [0.2, 0.25) is 0 Å². The van der Waals surface area contributed by atoms with Crippen LogP contribution in [0.1, 0.15) is 22.3 Å². The highest BCUT2D eigenvalue weighted by atomic mass is 16.3. The second kappa shape index (κ2) is 28.6. The number of para-hydroxylation sites is 4. The molecule has 570 valence electrons. The van der Waals surface area contributed by atoms with Crippen molar-refractivity contribution >= 4 is 121 Å². The molecule has 23 aromatic rings. The highest BCUT2D eigenvalue weighted by molar-refractivity contribution is 6.17. The molecule has 5 nitrogen and oxygen atoms in total. The van der Waals surface area contributed by atoms with Crippen molar-refractivity contribution in [3.63, 3.8) is 0 Å². The number of hydrogen-bond acceptors (Lipinski definition) is 5. The highest BCUT2D eigenvalue weighted by Crippen LogP contribution is 2.61. The number of anilines is 6. The van der Waals surface area contributed by atoms with Gasteiger partial charge in [0, 0.05) is 66.1 Å². The predicted octanol–water partition coefficient (Wildman–Crippen LogP) is 32.7. The molecule has 0 saturated carbocycles. The molecule has 24 rings (SSSR count). The summed E-state index contributed by atoms with van der Waals surface area (Å²) in [5.74, 6) is 0. The van der Waals surface area contributed by atoms with Crippen molar-refractivity contribution in [2.45, 2.75) is 5.41 Å². The molecule has 20 aromatic carbocycles. The minimum Gasteiger partial charge on any atom is -0.456 e. The number of hydrogen-bond donors (Lipinski definition) is 0. The maximum absolute atomic E-state index is 6.91. The Kier molecular flexibility index (Phi) is 16.5. The Labute approximate surface area is 705 Å². The van der Waals surface area contributed by atoms with Crippen molar-refractivity contribution in [3.8, 4) is 89.0 Å². The maximum atomic E-state index is 6.91. The van der Waals surface area contributed by atoms with Gasteiger partial charge >= 0.3 is 0 Å². The Morgan fingerprint density at radius 1 is 0.180 bits per heavy atom. The number of fused-ring (bicyclic) bond motifs is 14. The number of benzene rings is 20. The van der Waals surface area contributed by atoms with E-state index in [-0.39, 0.29) is 0 Å². The second-order valence-corrected chi connectivity index (χ2v) is 32.0. The molecule has 1 aliphatic carbocycles. The van der Waals surface area contributed by atoms with Crippen LogP contribution in [0.4, 0.5) is 34.1 Å². The molecule has 0 saturated heterocycles. The van der Waals surface area contributed by atoms with Gasteiger partial charge in [-0.3, -0.25) is 0 Å². The van der Waals surface area contributed by atoms with Crippen LogP contribution in [0.15, 0.2) is 462 Å². The summed E-state index contributed by atoms with van der Waals surface area (Å²) in [6, 6.07) is 164. The Hall–Kier alpha value is -16.1. The van der Waals surface area contributed by atoms with Crippen molar-refractivity contribution < 1.29 is 13.3 Å². The van der Waals surface area contributed by atoms with E-state index in [1.807, 2.05) is 18.2 Å². The summed E-state index contributed by atoms with van der Waals surface area (Å²) in [7, 11) is 0. The Morgan fingerprint density at radius 2 is 0.574 bits per heavy atom. The lowest BCUT2D eigenvalue weighted by Gasteiger charge is -2.34. The van der Waals surface area contributed by atoms with E-state index in [2.05, 4.69) is 441 Å². The van der Waals surface area contributed by atoms with Crippen LogP contribution >= 0.6 is 0 Å². The van der Waals surface area contributed by atoms with E-state index in [1.165, 1.54) is 60.5 Å². The minimum atomic E-state index is -0.603. The van der Waals surface area contributed by atoms with E-state index in [1.54, 1.807) is 0 Å². The molecule has 0 radical (unpaired) electrons. The second-order valence-electron chi connectivity index (χ2n) is 32.0. The standard InChI is InChI=1S/C117H74N2O3/c1-3-32-85(33-4-1)117(86-34-5-2-6-35-86)103-47-14-9-41-98(103)116-104(117)48-25-51-107(116)119(106-50-16-11-39-94(106)96-45-23-54-112-114(96)99-42-13-18-53-109(99)121-112)88-66-60-75(61-67-88)79-29-19-30-83(70-79)92-44-22-28-78-56-57-81(72-100(78)92)82-63-69-111-102(74-82)115-97(46-24-55-113(115)122-111)93-38-10-15-49-105(93)118(89-36-20-31-84(71-89)91-43-21-27-77-26-7-8-37-90(77)91)87-64-58-76(59-65-87)80-62-68-110-101(73-80)95-40-12-17-52-108(95)120-110/h1-74H. The first-order chi connectivity index (χ1) is 60.5. The molecule has 122 heavy (non-hydrogen) atoms. The molecule has 1 aliphatic rings. The Morgan fingerprint density at radius 3 is 1.26 bits per heavy atom. The van der Waals surface area contributed by atoms with Crippen LogP contribution in [0, 0.1) is 0 Å². The first-order valence-corrected chi connectivity index (χ1v) is 41.8. The summed E-state index contributed by atoms with van der Waals surface area (Å²) in [5, 5.41) is 11.3. The third kappa shape index (κ3) is 11.4. The van der Waals surface area contributed by atoms with Crippen LogP contribution in [0.25, 0.3) is 176 Å². The quantitative estimate of drug-likeness (QED) is 0.102. The van der Waals surface area contributed by atoms with Gasteiger partial charge in [0.25, 0.3) is 0 Å². The van der Waals surface area contributed by atoms with Gasteiger partial charge in [-0.25, -0.2) is 0 Å². The summed E-state index contributed by atoms with van der Waals surface area (Å²) in [6.45, 7) is 0. The van der Waals surface area contributed by atoms with Crippen LogP contribution < -0.4 is 9.80 Å². The highest BCUT2D eigenvalue weighted by Gasteiger charge is 2.47. The van der Waals surface area contributed by atoms with Gasteiger partial charge < -0.3 is 23.1 Å². The van der Waals surface area contributed by atoms with Gasteiger partial charge in [-0.05, 0) is 231 Å². The fraction of sp³-hybridized carbons (Fsp3) is 0.00855. The SMILES string of the molecule is c1ccc(C2(c3ccccc3)c3ccccc3-c3c(N(c4ccc(-c5cccc(-c6cccc7ccc(-c8ccc9oc%10cccc(-c%11ccccc%11N(c%11ccc(-c%12ccc%13oc%14ccccc%14c%13c%12)cc%11)c%11cccc(-c%12cccc%13ccccc%12%13)c%11)c%10c9c8)cc67)c5)cc4)c4ccccc4-c4cccc5oc6ccccc6c45)cccc32)cc1. The molecule has 0 aliphatic heterocycles. The average molecular weight is 1560 g/mol. The zero-order valence-corrected chi connectivity index (χ0v) is 66.3. The fourth-order valence-electron chi connectivity index (χ4n) is 19.9. The predicted molar refractivity (Wildman–Crippen MR) is 508 cm³/mol. The van der Waals surface area contributed by atoms with Crippen molar-refractivity contribution in [1.29, 1.82) is 0 Å². The van der Waals surface area contributed by atoms with Crippen LogP contribution in [0.5, 0.6) is 0 Å². The van der Waals surface area contributed by atoms with Gasteiger partial charge in [0.1, 0.15) is 33.5 Å². The summed E-state index contributed by atoms with van der Waals surface area (Å²) < 4.78 is 19.8. The van der Waals surface area contributed by atoms with Gasteiger partial charge in [-0.1, -0.05) is 334 Å². The number of rotatable bonds is 15. The zero-order valence-electron chi connectivity index (χ0n) is 66.3. The lowest BCUT2D eigenvalue weighted by atomic mass is 9.68. The largest absolute Gasteiger partial charge is 0.456 e. The molecule has 0 fully saturated rings. The van der Waals surface area contributed by atoms with Crippen molar-refractivity contribution in [1.82, 2.24) is 0 Å². The zero-order chi connectivity index (χ0) is 80.4. The summed E-state index contributed by atoms with van der Waals surface area (Å²) in [5.41, 5.74) is 33.8. The number of nitrogens with zero attached hydrogens (tertiary/aromatic N) is 2. The first kappa shape index (κ1) is 70.2. The Bertz CT molecular complexity index is 8050. The van der Waals surface area contributed by atoms with Gasteiger partial charge in [-0.15, -0.1) is 0 Å². The van der Waals surface area contributed by atoms with Gasteiger partial charge in [-0.2, -0.15) is 0 Å².